The highest BCUT2D eigenvalue weighted by Gasteiger charge is 2.32. The lowest BCUT2D eigenvalue weighted by molar-refractivity contribution is 0.297. The van der Waals surface area contributed by atoms with Gasteiger partial charge in [-0.2, -0.15) is 0 Å². The van der Waals surface area contributed by atoms with Gasteiger partial charge < -0.3 is 11.1 Å². The first-order chi connectivity index (χ1) is 8.19. The minimum absolute atomic E-state index is 0.0326. The fourth-order valence-corrected chi connectivity index (χ4v) is 3.14. The first-order valence-electron chi connectivity index (χ1n) is 6.56. The topological polar surface area (TPSA) is 38.0 Å². The molecule has 2 heteroatoms. The molecule has 0 saturated carbocycles. The highest BCUT2D eigenvalue weighted by molar-refractivity contribution is 5.72. The molecule has 1 aromatic carbocycles. The molecule has 0 saturated heterocycles. The Bertz CT molecular complexity index is 496. The summed E-state index contributed by atoms with van der Waals surface area (Å²) in [5, 5.41) is 3.66. The molecule has 98 valence electrons. The van der Waals surface area contributed by atoms with Crippen LogP contribution in [0.4, 0.5) is 5.69 Å². The summed E-state index contributed by atoms with van der Waals surface area (Å²) < 4.78 is 0. The summed E-state index contributed by atoms with van der Waals surface area (Å²) in [6, 6.07) is 6.19. The van der Waals surface area contributed by atoms with E-state index in [1.54, 1.807) is 0 Å². The van der Waals surface area contributed by atoms with E-state index in [0.717, 1.165) is 12.1 Å². The third kappa shape index (κ3) is 2.75. The molecule has 1 aliphatic heterocycles. The van der Waals surface area contributed by atoms with Crippen LogP contribution >= 0.6 is 0 Å². The van der Waals surface area contributed by atoms with Crippen molar-refractivity contribution in [2.75, 3.05) is 5.73 Å². The summed E-state index contributed by atoms with van der Waals surface area (Å²) in [5.41, 5.74) is 10.8. The number of nitrogen functional groups attached to an aromatic ring is 1. The summed E-state index contributed by atoms with van der Waals surface area (Å²) in [4.78, 5) is 0. The quantitative estimate of drug-likeness (QED) is 0.742. The number of rotatable bonds is 1. The number of anilines is 1. The van der Waals surface area contributed by atoms with Crippen molar-refractivity contribution >= 4 is 11.3 Å². The van der Waals surface area contributed by atoms with E-state index in [2.05, 4.69) is 58.1 Å². The molecular formula is C16H24N2. The maximum atomic E-state index is 5.83. The molecule has 0 aromatic heterocycles. The molecule has 0 atom stereocenters. The van der Waals surface area contributed by atoms with Crippen LogP contribution in [0.3, 0.4) is 0 Å². The van der Waals surface area contributed by atoms with Gasteiger partial charge in [0.2, 0.25) is 0 Å². The summed E-state index contributed by atoms with van der Waals surface area (Å²) in [7, 11) is 0. The van der Waals surface area contributed by atoms with Gasteiger partial charge in [0.1, 0.15) is 0 Å². The number of nitrogens with two attached hydrogens (primary N) is 1. The maximum Gasteiger partial charge on any atom is 0.0317 e. The molecule has 0 fully saturated rings. The van der Waals surface area contributed by atoms with Crippen molar-refractivity contribution in [1.82, 2.24) is 5.32 Å². The van der Waals surface area contributed by atoms with Crippen LogP contribution in [0.5, 0.6) is 0 Å². The molecule has 0 spiro atoms. The lowest BCUT2D eigenvalue weighted by Crippen LogP contribution is -2.53. The molecule has 0 unspecified atom stereocenters. The highest BCUT2D eigenvalue weighted by atomic mass is 15.0. The van der Waals surface area contributed by atoms with E-state index in [0.29, 0.717) is 0 Å². The standard InChI is InChI=1S/C16H24N2/c1-11-8-13(17)6-7-14(11)12-9-15(2,3)18-16(4,5)10-12/h6-9,18H,10,17H2,1-5H3. The van der Waals surface area contributed by atoms with Crippen LogP contribution in [0, 0.1) is 6.92 Å². The van der Waals surface area contributed by atoms with Gasteiger partial charge in [-0.3, -0.25) is 0 Å². The zero-order chi connectivity index (χ0) is 13.6. The molecule has 3 N–H and O–H groups in total. The van der Waals surface area contributed by atoms with Crippen molar-refractivity contribution in [2.45, 2.75) is 52.1 Å². The third-order valence-electron chi connectivity index (χ3n) is 3.42. The van der Waals surface area contributed by atoms with Crippen molar-refractivity contribution in [3.8, 4) is 0 Å². The summed E-state index contributed by atoms with van der Waals surface area (Å²) in [5.74, 6) is 0. The van der Waals surface area contributed by atoms with E-state index in [-0.39, 0.29) is 11.1 Å². The first kappa shape index (κ1) is 13.2. The summed E-state index contributed by atoms with van der Waals surface area (Å²) in [6.45, 7) is 11.1. The van der Waals surface area contributed by atoms with Gasteiger partial charge in [-0.25, -0.2) is 0 Å². The molecule has 2 nitrogen and oxygen atoms in total. The van der Waals surface area contributed by atoms with Crippen molar-refractivity contribution in [3.63, 3.8) is 0 Å². The van der Waals surface area contributed by atoms with E-state index in [4.69, 9.17) is 5.73 Å². The average Bonchev–Trinajstić information content (AvgIpc) is 2.11. The zero-order valence-corrected chi connectivity index (χ0v) is 12.1. The molecule has 0 bridgehead atoms. The van der Waals surface area contributed by atoms with Crippen molar-refractivity contribution in [2.24, 2.45) is 0 Å². The Balaban J connectivity index is 2.46. The number of aryl methyl sites for hydroxylation is 1. The molecule has 0 radical (unpaired) electrons. The van der Waals surface area contributed by atoms with Gasteiger partial charge in [0, 0.05) is 16.8 Å². The number of nitrogens with one attached hydrogen (secondary N) is 1. The monoisotopic (exact) mass is 244 g/mol. The van der Waals surface area contributed by atoms with E-state index in [9.17, 15) is 0 Å². The SMILES string of the molecule is Cc1cc(N)ccc1C1=CC(C)(C)NC(C)(C)C1. The summed E-state index contributed by atoms with van der Waals surface area (Å²) in [6.07, 6.45) is 3.39. The van der Waals surface area contributed by atoms with E-state index < -0.39 is 0 Å². The molecule has 1 aromatic rings. The second-order valence-electron chi connectivity index (χ2n) is 6.65. The van der Waals surface area contributed by atoms with Gasteiger partial charge in [0.05, 0.1) is 0 Å². The molecule has 1 heterocycles. The molecule has 0 aliphatic carbocycles. The van der Waals surface area contributed by atoms with Crippen LogP contribution in [0.1, 0.15) is 45.2 Å². The Morgan fingerprint density at radius 3 is 2.39 bits per heavy atom. The Hall–Kier alpha value is -1.28. The van der Waals surface area contributed by atoms with Gasteiger partial charge in [-0.15, -0.1) is 0 Å². The molecular weight excluding hydrogens is 220 g/mol. The number of hydrogen-bond acceptors (Lipinski definition) is 2. The van der Waals surface area contributed by atoms with Gasteiger partial charge in [0.25, 0.3) is 0 Å². The van der Waals surface area contributed by atoms with Crippen LogP contribution in [0.2, 0.25) is 0 Å². The second kappa shape index (κ2) is 4.13. The Morgan fingerprint density at radius 2 is 1.83 bits per heavy atom. The van der Waals surface area contributed by atoms with Crippen LogP contribution in [-0.2, 0) is 0 Å². The van der Waals surface area contributed by atoms with Crippen molar-refractivity contribution < 1.29 is 0 Å². The van der Waals surface area contributed by atoms with E-state index in [1.165, 1.54) is 16.7 Å². The van der Waals surface area contributed by atoms with Gasteiger partial charge in [-0.1, -0.05) is 12.1 Å². The fraction of sp³-hybridized carbons (Fsp3) is 0.500. The van der Waals surface area contributed by atoms with Gasteiger partial charge in [0.15, 0.2) is 0 Å². The van der Waals surface area contributed by atoms with E-state index in [1.807, 2.05) is 6.07 Å². The van der Waals surface area contributed by atoms with Gasteiger partial charge >= 0.3 is 0 Å². The third-order valence-corrected chi connectivity index (χ3v) is 3.42. The van der Waals surface area contributed by atoms with Crippen LogP contribution in [-0.4, -0.2) is 11.1 Å². The van der Waals surface area contributed by atoms with Crippen molar-refractivity contribution in [1.29, 1.82) is 0 Å². The smallest absolute Gasteiger partial charge is 0.0317 e. The number of hydrogen-bond donors (Lipinski definition) is 2. The highest BCUT2D eigenvalue weighted by Crippen LogP contribution is 2.35. The van der Waals surface area contributed by atoms with Crippen LogP contribution in [0.25, 0.3) is 5.57 Å². The fourth-order valence-electron chi connectivity index (χ4n) is 3.14. The molecule has 0 amide bonds. The Labute approximate surface area is 110 Å². The first-order valence-corrected chi connectivity index (χ1v) is 6.56. The minimum Gasteiger partial charge on any atom is -0.399 e. The molecule has 2 rings (SSSR count). The van der Waals surface area contributed by atoms with Crippen LogP contribution in [0.15, 0.2) is 24.3 Å². The zero-order valence-electron chi connectivity index (χ0n) is 12.1. The number of benzene rings is 1. The predicted octanol–water partition coefficient (Wildman–Crippen LogP) is 3.51. The Kier molecular flexibility index (Phi) is 3.02. The lowest BCUT2D eigenvalue weighted by Gasteiger charge is -2.41. The summed E-state index contributed by atoms with van der Waals surface area (Å²) >= 11 is 0. The Morgan fingerprint density at radius 1 is 1.17 bits per heavy atom. The van der Waals surface area contributed by atoms with Crippen LogP contribution < -0.4 is 11.1 Å². The second-order valence-corrected chi connectivity index (χ2v) is 6.65. The minimum atomic E-state index is 0.0326. The predicted molar refractivity (Wildman–Crippen MR) is 79.5 cm³/mol. The largest absolute Gasteiger partial charge is 0.399 e. The molecule has 1 aliphatic rings. The van der Waals surface area contributed by atoms with E-state index >= 15 is 0 Å². The maximum absolute atomic E-state index is 5.83. The van der Waals surface area contributed by atoms with Gasteiger partial charge in [-0.05, 0) is 69.9 Å². The average molecular weight is 244 g/mol. The molecule has 18 heavy (non-hydrogen) atoms. The normalized spacial score (nSPS) is 21.5. The lowest BCUT2D eigenvalue weighted by atomic mass is 9.80. The van der Waals surface area contributed by atoms with Crippen molar-refractivity contribution in [3.05, 3.63) is 35.4 Å².